The van der Waals surface area contributed by atoms with Crippen LogP contribution >= 0.6 is 24.0 Å². The van der Waals surface area contributed by atoms with Crippen molar-refractivity contribution < 1.29 is 9.53 Å². The van der Waals surface area contributed by atoms with Crippen LogP contribution in [0.2, 0.25) is 0 Å². The highest BCUT2D eigenvalue weighted by Crippen LogP contribution is 2.08. The zero-order valence-corrected chi connectivity index (χ0v) is 16.9. The van der Waals surface area contributed by atoms with Gasteiger partial charge in [0.15, 0.2) is 5.96 Å². The molecular formula is C17H28IN3O2. The molecule has 5 nitrogen and oxygen atoms in total. The summed E-state index contributed by atoms with van der Waals surface area (Å²) < 4.78 is 5.26. The van der Waals surface area contributed by atoms with Crippen LogP contribution in [0, 0.1) is 6.92 Å². The first-order valence-electron chi connectivity index (χ1n) is 7.60. The second kappa shape index (κ2) is 10.5. The lowest BCUT2D eigenvalue weighted by molar-refractivity contribution is -0.153. The number of aliphatic imine (C=N–C) groups is 1. The maximum atomic E-state index is 11.7. The highest BCUT2D eigenvalue weighted by Gasteiger charge is 2.16. The Morgan fingerprint density at radius 3 is 2.43 bits per heavy atom. The minimum absolute atomic E-state index is 0. The first-order valence-corrected chi connectivity index (χ1v) is 7.60. The zero-order valence-electron chi connectivity index (χ0n) is 14.6. The smallest absolute Gasteiger partial charge is 0.325 e. The van der Waals surface area contributed by atoms with Gasteiger partial charge < -0.3 is 15.4 Å². The second-order valence-corrected chi connectivity index (χ2v) is 6.06. The maximum absolute atomic E-state index is 11.7. The number of benzene rings is 1. The quantitative estimate of drug-likeness (QED) is 0.325. The number of nitrogens with one attached hydrogen (secondary N) is 2. The van der Waals surface area contributed by atoms with Crippen LogP contribution in [0.1, 0.15) is 38.8 Å². The summed E-state index contributed by atoms with van der Waals surface area (Å²) >= 11 is 0. The Labute approximate surface area is 156 Å². The largest absolute Gasteiger partial charge is 0.459 e. The normalized spacial score (nSPS) is 11.4. The third kappa shape index (κ3) is 9.43. The number of nitrogens with zero attached hydrogens (tertiary/aromatic N) is 1. The summed E-state index contributed by atoms with van der Waals surface area (Å²) in [5.41, 5.74) is 1.89. The number of carbonyl (C=O) groups excluding carboxylic acids is 1. The van der Waals surface area contributed by atoms with E-state index in [0.29, 0.717) is 12.5 Å². The molecule has 0 saturated carbocycles. The van der Waals surface area contributed by atoms with Crippen molar-refractivity contribution in [3.63, 3.8) is 0 Å². The number of carbonyl (C=O) groups is 1. The van der Waals surface area contributed by atoms with Crippen LogP contribution < -0.4 is 10.6 Å². The average Bonchev–Trinajstić information content (AvgIpc) is 2.41. The van der Waals surface area contributed by atoms with Gasteiger partial charge in [-0.1, -0.05) is 24.3 Å². The van der Waals surface area contributed by atoms with Gasteiger partial charge in [0.25, 0.3) is 0 Å². The Morgan fingerprint density at radius 2 is 1.87 bits per heavy atom. The van der Waals surface area contributed by atoms with Crippen molar-refractivity contribution in [1.82, 2.24) is 10.6 Å². The van der Waals surface area contributed by atoms with Crippen LogP contribution in [-0.2, 0) is 16.1 Å². The number of halogens is 1. The summed E-state index contributed by atoms with van der Waals surface area (Å²) in [5, 5.41) is 6.12. The molecule has 1 aromatic carbocycles. The van der Waals surface area contributed by atoms with Gasteiger partial charge in [-0.25, -0.2) is 4.99 Å². The Bertz CT molecular complexity index is 525. The number of hydrogen-bond donors (Lipinski definition) is 2. The minimum atomic E-state index is -0.477. The van der Waals surface area contributed by atoms with Gasteiger partial charge >= 0.3 is 5.97 Å². The van der Waals surface area contributed by atoms with E-state index in [0.717, 1.165) is 12.1 Å². The third-order valence-electron chi connectivity index (χ3n) is 2.83. The molecule has 0 aliphatic carbocycles. The van der Waals surface area contributed by atoms with Gasteiger partial charge in [-0.15, -0.1) is 24.0 Å². The molecule has 2 N–H and O–H groups in total. The van der Waals surface area contributed by atoms with Gasteiger partial charge in [0.2, 0.25) is 0 Å². The molecule has 1 aromatic rings. The van der Waals surface area contributed by atoms with Gasteiger partial charge in [0.05, 0.1) is 6.54 Å². The number of esters is 1. The Balaban J connectivity index is 0.00000484. The van der Waals surface area contributed by atoms with Crippen molar-refractivity contribution in [2.45, 2.75) is 46.8 Å². The summed E-state index contributed by atoms with van der Waals surface area (Å²) in [6.07, 6.45) is 0. The van der Waals surface area contributed by atoms with Crippen LogP contribution in [-0.4, -0.2) is 30.6 Å². The van der Waals surface area contributed by atoms with E-state index in [1.54, 1.807) is 0 Å². The fourth-order valence-electron chi connectivity index (χ4n) is 1.83. The van der Waals surface area contributed by atoms with E-state index in [4.69, 9.17) is 4.74 Å². The molecule has 0 fully saturated rings. The molecule has 0 amide bonds. The first kappa shape index (κ1) is 21.7. The fraction of sp³-hybridized carbons (Fsp3) is 0.529. The Morgan fingerprint density at radius 1 is 1.22 bits per heavy atom. The molecule has 23 heavy (non-hydrogen) atoms. The van der Waals surface area contributed by atoms with Crippen LogP contribution in [0.3, 0.4) is 0 Å². The van der Waals surface area contributed by atoms with Gasteiger partial charge in [-0.2, -0.15) is 0 Å². The molecule has 0 heterocycles. The molecule has 0 aliphatic heterocycles. The molecule has 0 unspecified atom stereocenters. The molecule has 0 radical (unpaired) electrons. The van der Waals surface area contributed by atoms with E-state index in [1.807, 2.05) is 39.8 Å². The summed E-state index contributed by atoms with van der Waals surface area (Å²) in [7, 11) is 0. The first-order chi connectivity index (χ1) is 10.3. The number of guanidine groups is 1. The van der Waals surface area contributed by atoms with E-state index in [2.05, 4.69) is 34.7 Å². The summed E-state index contributed by atoms with van der Waals surface area (Å²) in [4.78, 5) is 16.2. The van der Waals surface area contributed by atoms with E-state index >= 15 is 0 Å². The Hall–Kier alpha value is -1.31. The van der Waals surface area contributed by atoms with Crippen molar-refractivity contribution >= 4 is 35.9 Å². The molecule has 0 spiro atoms. The molecule has 0 atom stereocenters. The van der Waals surface area contributed by atoms with Crippen molar-refractivity contribution in [1.29, 1.82) is 0 Å². The van der Waals surface area contributed by atoms with Crippen molar-refractivity contribution in [2.75, 3.05) is 13.1 Å². The van der Waals surface area contributed by atoms with Crippen LogP contribution in [0.5, 0.6) is 0 Å². The summed E-state index contributed by atoms with van der Waals surface area (Å²) in [6, 6.07) is 8.12. The van der Waals surface area contributed by atoms with Crippen molar-refractivity contribution in [3.05, 3.63) is 35.4 Å². The van der Waals surface area contributed by atoms with Crippen LogP contribution in [0.25, 0.3) is 0 Å². The average molecular weight is 433 g/mol. The minimum Gasteiger partial charge on any atom is -0.459 e. The molecule has 130 valence electrons. The maximum Gasteiger partial charge on any atom is 0.325 e. The molecule has 6 heteroatoms. The van der Waals surface area contributed by atoms with Gasteiger partial charge in [-0.05, 0) is 45.7 Å². The van der Waals surface area contributed by atoms with Gasteiger partial charge in [-0.3, -0.25) is 4.79 Å². The molecule has 1 rings (SSSR count). The third-order valence-corrected chi connectivity index (χ3v) is 2.83. The van der Waals surface area contributed by atoms with Gasteiger partial charge in [0.1, 0.15) is 12.1 Å². The lowest BCUT2D eigenvalue weighted by atomic mass is 10.1. The van der Waals surface area contributed by atoms with Gasteiger partial charge in [0, 0.05) is 6.54 Å². The SMILES string of the molecule is CCNC(=NCc1ccccc1C)NCC(=O)OC(C)(C)C.I. The lowest BCUT2D eigenvalue weighted by Gasteiger charge is -2.20. The topological polar surface area (TPSA) is 62.7 Å². The molecule has 0 bridgehead atoms. The number of hydrogen-bond acceptors (Lipinski definition) is 3. The second-order valence-electron chi connectivity index (χ2n) is 6.06. The lowest BCUT2D eigenvalue weighted by Crippen LogP contribution is -2.41. The van der Waals surface area contributed by atoms with Crippen LogP contribution in [0.15, 0.2) is 29.3 Å². The molecule has 0 aliphatic rings. The molecule has 0 aromatic heterocycles. The van der Waals surface area contributed by atoms with Crippen LogP contribution in [0.4, 0.5) is 0 Å². The standard InChI is InChI=1S/C17H27N3O2.HI/c1-6-18-16(20-12-15(21)22-17(3,4)5)19-11-14-10-8-7-9-13(14)2;/h7-10H,6,11-12H2,1-5H3,(H2,18,19,20);1H. The number of aryl methyl sites for hydroxylation is 1. The molecule has 0 saturated heterocycles. The van der Waals surface area contributed by atoms with Crippen molar-refractivity contribution in [3.8, 4) is 0 Å². The monoisotopic (exact) mass is 433 g/mol. The highest BCUT2D eigenvalue weighted by molar-refractivity contribution is 14.0. The fourth-order valence-corrected chi connectivity index (χ4v) is 1.83. The Kier molecular flexibility index (Phi) is 9.87. The highest BCUT2D eigenvalue weighted by atomic mass is 127. The zero-order chi connectivity index (χ0) is 16.6. The van der Waals surface area contributed by atoms with Crippen molar-refractivity contribution in [2.24, 2.45) is 4.99 Å². The predicted molar refractivity (Wildman–Crippen MR) is 105 cm³/mol. The predicted octanol–water partition coefficient (Wildman–Crippen LogP) is 3.01. The van der Waals surface area contributed by atoms with E-state index in [9.17, 15) is 4.79 Å². The summed E-state index contributed by atoms with van der Waals surface area (Å²) in [5.74, 6) is 0.311. The van der Waals surface area contributed by atoms with E-state index in [1.165, 1.54) is 5.56 Å². The number of ether oxygens (including phenoxy) is 1. The summed E-state index contributed by atoms with van der Waals surface area (Å²) in [6.45, 7) is 11.0. The number of rotatable bonds is 5. The molecular weight excluding hydrogens is 405 g/mol. The van der Waals surface area contributed by atoms with E-state index in [-0.39, 0.29) is 36.5 Å². The van der Waals surface area contributed by atoms with E-state index < -0.39 is 5.60 Å².